The van der Waals surface area contributed by atoms with E-state index >= 15 is 0 Å². The molecular weight excluding hydrogens is 254 g/mol. The zero-order valence-electron chi connectivity index (χ0n) is 11.2. The van der Waals surface area contributed by atoms with Gasteiger partial charge in [0.1, 0.15) is 0 Å². The van der Waals surface area contributed by atoms with Crippen LogP contribution in [0.1, 0.15) is 12.5 Å². The van der Waals surface area contributed by atoms with Crippen molar-refractivity contribution in [1.29, 1.82) is 0 Å². The minimum Gasteiger partial charge on any atom is -0.344 e. The molecule has 1 aliphatic heterocycles. The van der Waals surface area contributed by atoms with Crippen molar-refractivity contribution in [3.05, 3.63) is 35.9 Å². The van der Waals surface area contributed by atoms with E-state index in [2.05, 4.69) is 16.3 Å². The number of carbonyl (C=O) groups is 2. The summed E-state index contributed by atoms with van der Waals surface area (Å²) in [4.78, 5) is 24.1. The number of carbonyl (C=O) groups excluding carboxylic acids is 2. The number of amides is 2. The van der Waals surface area contributed by atoms with Crippen molar-refractivity contribution in [2.24, 2.45) is 11.0 Å². The van der Waals surface area contributed by atoms with Gasteiger partial charge in [0.25, 0.3) is 5.91 Å². The Labute approximate surface area is 117 Å². The maximum absolute atomic E-state index is 12.2. The lowest BCUT2D eigenvalue weighted by molar-refractivity contribution is -0.137. The lowest BCUT2D eigenvalue weighted by atomic mass is 10.0. The van der Waals surface area contributed by atoms with Crippen LogP contribution in [0, 0.1) is 18.3 Å². The average Bonchev–Trinajstić information content (AvgIpc) is 2.72. The quantitative estimate of drug-likeness (QED) is 0.648. The van der Waals surface area contributed by atoms with Crippen LogP contribution in [0.15, 0.2) is 35.4 Å². The minimum absolute atomic E-state index is 0.106. The molecule has 0 bridgehead atoms. The first-order chi connectivity index (χ1) is 9.63. The molecule has 5 nitrogen and oxygen atoms in total. The Morgan fingerprint density at radius 1 is 1.45 bits per heavy atom. The van der Waals surface area contributed by atoms with Gasteiger partial charge in [0.15, 0.2) is 5.92 Å². The Balaban J connectivity index is 2.07. The van der Waals surface area contributed by atoms with E-state index in [0.717, 1.165) is 5.56 Å². The van der Waals surface area contributed by atoms with Crippen LogP contribution in [-0.2, 0) is 16.1 Å². The largest absolute Gasteiger partial charge is 0.344 e. The Hall–Kier alpha value is -2.61. The Kier molecular flexibility index (Phi) is 4.16. The third kappa shape index (κ3) is 2.86. The van der Waals surface area contributed by atoms with Crippen molar-refractivity contribution in [2.45, 2.75) is 13.5 Å². The van der Waals surface area contributed by atoms with E-state index in [1.165, 1.54) is 5.01 Å². The third-order valence-corrected chi connectivity index (χ3v) is 3.00. The van der Waals surface area contributed by atoms with Crippen molar-refractivity contribution >= 4 is 17.5 Å². The number of nitrogens with zero attached hydrogens (tertiary/aromatic N) is 2. The van der Waals surface area contributed by atoms with Crippen LogP contribution in [0.3, 0.4) is 0 Å². The van der Waals surface area contributed by atoms with Gasteiger partial charge in [-0.1, -0.05) is 36.3 Å². The molecule has 0 radical (unpaired) electrons. The van der Waals surface area contributed by atoms with E-state index in [-0.39, 0.29) is 12.5 Å². The van der Waals surface area contributed by atoms with E-state index in [9.17, 15) is 9.59 Å². The Bertz CT molecular complexity index is 587. The molecule has 2 amide bonds. The zero-order valence-corrected chi connectivity index (χ0v) is 11.2. The number of rotatable bonds is 4. The number of benzene rings is 1. The summed E-state index contributed by atoms with van der Waals surface area (Å²) in [6, 6.07) is 9.50. The molecule has 1 aromatic rings. The van der Waals surface area contributed by atoms with Gasteiger partial charge in [0.2, 0.25) is 5.91 Å². The molecule has 1 aromatic carbocycles. The highest BCUT2D eigenvalue weighted by Crippen LogP contribution is 2.18. The van der Waals surface area contributed by atoms with Crippen molar-refractivity contribution in [2.75, 3.05) is 6.54 Å². The maximum Gasteiger partial charge on any atom is 0.261 e. The van der Waals surface area contributed by atoms with Gasteiger partial charge >= 0.3 is 0 Å². The smallest absolute Gasteiger partial charge is 0.261 e. The first-order valence-electron chi connectivity index (χ1n) is 6.25. The van der Waals surface area contributed by atoms with Gasteiger partial charge in [0, 0.05) is 0 Å². The summed E-state index contributed by atoms with van der Waals surface area (Å²) in [6.07, 6.45) is 5.08. The molecule has 0 saturated heterocycles. The van der Waals surface area contributed by atoms with Crippen LogP contribution in [0.2, 0.25) is 0 Å². The zero-order chi connectivity index (χ0) is 14.5. The Morgan fingerprint density at radius 2 is 2.15 bits per heavy atom. The highest BCUT2D eigenvalue weighted by atomic mass is 16.2. The molecule has 102 valence electrons. The summed E-state index contributed by atoms with van der Waals surface area (Å²) in [5.41, 5.74) is 1.45. The van der Waals surface area contributed by atoms with E-state index in [1.807, 2.05) is 30.3 Å². The predicted molar refractivity (Wildman–Crippen MR) is 75.4 cm³/mol. The summed E-state index contributed by atoms with van der Waals surface area (Å²) < 4.78 is 0. The fourth-order valence-electron chi connectivity index (χ4n) is 2.04. The monoisotopic (exact) mass is 269 g/mol. The fourth-order valence-corrected chi connectivity index (χ4v) is 2.04. The predicted octanol–water partition coefficient (Wildman–Crippen LogP) is 0.770. The lowest BCUT2D eigenvalue weighted by Gasteiger charge is -2.14. The van der Waals surface area contributed by atoms with Gasteiger partial charge in [-0.15, -0.1) is 6.42 Å². The molecule has 0 fully saturated rings. The standard InChI is InChI=1S/C15H15N3O2/c1-3-9-16-14(19)13-11(2)17-18(15(13)20)10-12-7-5-4-6-8-12/h1,4-8,13H,9-10H2,2H3,(H,16,19)/t13-/m1/s1. The highest BCUT2D eigenvalue weighted by Gasteiger charge is 2.38. The minimum atomic E-state index is -0.868. The molecular formula is C15H15N3O2. The highest BCUT2D eigenvalue weighted by molar-refractivity contribution is 6.21. The molecule has 1 heterocycles. The first kappa shape index (κ1) is 13.8. The first-order valence-corrected chi connectivity index (χ1v) is 6.25. The number of hydrazone groups is 1. The van der Waals surface area contributed by atoms with Crippen LogP contribution >= 0.6 is 0 Å². The van der Waals surface area contributed by atoms with E-state index in [4.69, 9.17) is 6.42 Å². The number of hydrogen-bond acceptors (Lipinski definition) is 3. The van der Waals surface area contributed by atoms with Gasteiger partial charge in [-0.2, -0.15) is 5.10 Å². The van der Waals surface area contributed by atoms with E-state index in [1.54, 1.807) is 6.92 Å². The number of hydrogen-bond donors (Lipinski definition) is 1. The van der Waals surface area contributed by atoms with Gasteiger partial charge in [-0.3, -0.25) is 9.59 Å². The van der Waals surface area contributed by atoms with Crippen LogP contribution in [0.4, 0.5) is 0 Å². The van der Waals surface area contributed by atoms with Crippen LogP contribution in [0.25, 0.3) is 0 Å². The third-order valence-electron chi connectivity index (χ3n) is 3.00. The second-order valence-electron chi connectivity index (χ2n) is 4.48. The molecule has 0 unspecified atom stereocenters. The number of terminal acetylenes is 1. The maximum atomic E-state index is 12.2. The molecule has 0 aliphatic carbocycles. The Morgan fingerprint density at radius 3 is 2.80 bits per heavy atom. The summed E-state index contributed by atoms with van der Waals surface area (Å²) >= 11 is 0. The number of nitrogens with one attached hydrogen (secondary N) is 1. The van der Waals surface area contributed by atoms with E-state index in [0.29, 0.717) is 12.3 Å². The summed E-state index contributed by atoms with van der Waals surface area (Å²) in [7, 11) is 0. The summed E-state index contributed by atoms with van der Waals surface area (Å²) in [5.74, 6) is 0.721. The second kappa shape index (κ2) is 6.02. The molecule has 1 aliphatic rings. The topological polar surface area (TPSA) is 61.8 Å². The average molecular weight is 269 g/mol. The van der Waals surface area contributed by atoms with Gasteiger partial charge < -0.3 is 5.32 Å². The lowest BCUT2D eigenvalue weighted by Crippen LogP contribution is -2.40. The van der Waals surface area contributed by atoms with Crippen LogP contribution in [-0.4, -0.2) is 29.1 Å². The van der Waals surface area contributed by atoms with Gasteiger partial charge in [0.05, 0.1) is 18.8 Å². The normalized spacial score (nSPS) is 17.6. The van der Waals surface area contributed by atoms with Crippen LogP contribution in [0.5, 0.6) is 0 Å². The summed E-state index contributed by atoms with van der Waals surface area (Å²) in [6.45, 7) is 2.13. The molecule has 0 saturated carbocycles. The second-order valence-corrected chi connectivity index (χ2v) is 4.48. The van der Waals surface area contributed by atoms with Crippen LogP contribution < -0.4 is 5.32 Å². The fraction of sp³-hybridized carbons (Fsp3) is 0.267. The molecule has 20 heavy (non-hydrogen) atoms. The van der Waals surface area contributed by atoms with E-state index < -0.39 is 11.8 Å². The molecule has 2 rings (SSSR count). The van der Waals surface area contributed by atoms with Crippen molar-refractivity contribution in [1.82, 2.24) is 10.3 Å². The molecule has 0 spiro atoms. The molecule has 0 aromatic heterocycles. The summed E-state index contributed by atoms with van der Waals surface area (Å²) in [5, 5.41) is 8.00. The van der Waals surface area contributed by atoms with Crippen molar-refractivity contribution < 1.29 is 9.59 Å². The molecule has 1 atom stereocenters. The molecule has 1 N–H and O–H groups in total. The SMILES string of the molecule is C#CCNC(=O)[C@@H]1C(=O)N(Cc2ccccc2)N=C1C. The molecule has 5 heteroatoms. The van der Waals surface area contributed by atoms with Gasteiger partial charge in [-0.05, 0) is 12.5 Å². The van der Waals surface area contributed by atoms with Crippen molar-refractivity contribution in [3.8, 4) is 12.3 Å². The van der Waals surface area contributed by atoms with Crippen molar-refractivity contribution in [3.63, 3.8) is 0 Å². The van der Waals surface area contributed by atoms with Gasteiger partial charge in [-0.25, -0.2) is 5.01 Å².